The Bertz CT molecular complexity index is 405. The molecule has 0 aromatic carbocycles. The van der Waals surface area contributed by atoms with Crippen LogP contribution in [0.1, 0.15) is 46.5 Å². The van der Waals surface area contributed by atoms with Crippen molar-refractivity contribution in [3.05, 3.63) is 0 Å². The van der Waals surface area contributed by atoms with Crippen LogP contribution in [0.2, 0.25) is 0 Å². The Labute approximate surface area is 134 Å². The molecule has 3 aliphatic rings. The molecule has 4 unspecified atom stereocenters. The number of rotatable bonds is 4. The summed E-state index contributed by atoms with van der Waals surface area (Å²) in [7, 11) is 0. The Morgan fingerprint density at radius 1 is 1.18 bits per heavy atom. The van der Waals surface area contributed by atoms with Crippen LogP contribution in [-0.4, -0.2) is 50.5 Å². The number of nitrogens with zero attached hydrogens (tertiary/aromatic N) is 1. The standard InChI is InChI=1S/C17H31N3O2/c1-4-18-16(19-11-12-7-5-9-21-12)20-14-13-8-6-10-22-15(13)17(14,2)3/h12-15H,4-11H2,1-3H3,(H2,18,19,20). The molecule has 2 saturated heterocycles. The van der Waals surface area contributed by atoms with Crippen LogP contribution in [0.15, 0.2) is 4.99 Å². The normalized spacial score (nSPS) is 37.3. The van der Waals surface area contributed by atoms with E-state index >= 15 is 0 Å². The van der Waals surface area contributed by atoms with E-state index in [-0.39, 0.29) is 5.41 Å². The van der Waals surface area contributed by atoms with Crippen molar-refractivity contribution in [2.24, 2.45) is 16.3 Å². The maximum absolute atomic E-state index is 5.98. The van der Waals surface area contributed by atoms with E-state index in [4.69, 9.17) is 14.5 Å². The summed E-state index contributed by atoms with van der Waals surface area (Å²) in [5.41, 5.74) is 0.172. The van der Waals surface area contributed by atoms with Crippen molar-refractivity contribution in [3.8, 4) is 0 Å². The largest absolute Gasteiger partial charge is 0.377 e. The average Bonchev–Trinajstić information content (AvgIpc) is 3.03. The van der Waals surface area contributed by atoms with Gasteiger partial charge in [0.15, 0.2) is 5.96 Å². The molecule has 1 aliphatic carbocycles. The predicted molar refractivity (Wildman–Crippen MR) is 88.1 cm³/mol. The third kappa shape index (κ3) is 3.11. The summed E-state index contributed by atoms with van der Waals surface area (Å²) in [4.78, 5) is 4.75. The molecular formula is C17H31N3O2. The van der Waals surface area contributed by atoms with Crippen molar-refractivity contribution >= 4 is 5.96 Å². The van der Waals surface area contributed by atoms with Crippen LogP contribution < -0.4 is 10.6 Å². The van der Waals surface area contributed by atoms with Crippen LogP contribution >= 0.6 is 0 Å². The first kappa shape index (κ1) is 16.1. The molecule has 22 heavy (non-hydrogen) atoms. The predicted octanol–water partition coefficient (Wildman–Crippen LogP) is 1.92. The molecule has 4 atom stereocenters. The second-order valence-corrected chi connectivity index (χ2v) is 7.40. The number of guanidine groups is 1. The average molecular weight is 309 g/mol. The van der Waals surface area contributed by atoms with Gasteiger partial charge < -0.3 is 20.1 Å². The van der Waals surface area contributed by atoms with Crippen molar-refractivity contribution < 1.29 is 9.47 Å². The minimum Gasteiger partial charge on any atom is -0.377 e. The van der Waals surface area contributed by atoms with Gasteiger partial charge in [0.25, 0.3) is 0 Å². The Balaban J connectivity index is 1.61. The number of ether oxygens (including phenoxy) is 2. The van der Waals surface area contributed by atoms with Gasteiger partial charge in [-0.15, -0.1) is 0 Å². The molecule has 0 radical (unpaired) electrons. The summed E-state index contributed by atoms with van der Waals surface area (Å²) < 4.78 is 11.7. The van der Waals surface area contributed by atoms with Gasteiger partial charge in [0.05, 0.1) is 18.8 Å². The van der Waals surface area contributed by atoms with Crippen molar-refractivity contribution in [1.82, 2.24) is 10.6 Å². The number of hydrogen-bond donors (Lipinski definition) is 2. The Kier molecular flexibility index (Phi) is 4.93. The van der Waals surface area contributed by atoms with E-state index < -0.39 is 0 Å². The minimum atomic E-state index is 0.172. The van der Waals surface area contributed by atoms with Gasteiger partial charge in [-0.1, -0.05) is 13.8 Å². The monoisotopic (exact) mass is 309 g/mol. The quantitative estimate of drug-likeness (QED) is 0.615. The maximum atomic E-state index is 5.98. The molecule has 126 valence electrons. The Hall–Kier alpha value is -0.810. The molecule has 0 aromatic heterocycles. The first-order valence-corrected chi connectivity index (χ1v) is 8.91. The minimum absolute atomic E-state index is 0.172. The third-order valence-corrected chi connectivity index (χ3v) is 5.44. The fraction of sp³-hybridized carbons (Fsp3) is 0.941. The highest BCUT2D eigenvalue weighted by atomic mass is 16.5. The van der Waals surface area contributed by atoms with Crippen LogP contribution in [0.3, 0.4) is 0 Å². The lowest BCUT2D eigenvalue weighted by molar-refractivity contribution is -0.188. The number of aliphatic imine (C=N–C) groups is 1. The molecular weight excluding hydrogens is 278 g/mol. The molecule has 2 heterocycles. The van der Waals surface area contributed by atoms with Gasteiger partial charge in [-0.3, -0.25) is 4.99 Å². The fourth-order valence-corrected chi connectivity index (χ4v) is 4.26. The molecule has 3 rings (SSSR count). The van der Waals surface area contributed by atoms with E-state index in [1.165, 1.54) is 19.3 Å². The van der Waals surface area contributed by atoms with Crippen LogP contribution in [0.25, 0.3) is 0 Å². The molecule has 5 nitrogen and oxygen atoms in total. The summed E-state index contributed by atoms with van der Waals surface area (Å²) in [5.74, 6) is 1.55. The third-order valence-electron chi connectivity index (χ3n) is 5.44. The Morgan fingerprint density at radius 3 is 2.68 bits per heavy atom. The molecule has 5 heteroatoms. The zero-order valence-corrected chi connectivity index (χ0v) is 14.2. The first-order valence-electron chi connectivity index (χ1n) is 8.91. The lowest BCUT2D eigenvalue weighted by Crippen LogP contribution is -2.71. The van der Waals surface area contributed by atoms with E-state index in [2.05, 4.69) is 31.4 Å². The summed E-state index contributed by atoms with van der Waals surface area (Å²) in [5, 5.41) is 7.05. The molecule has 2 N–H and O–H groups in total. The highest BCUT2D eigenvalue weighted by Crippen LogP contribution is 2.51. The van der Waals surface area contributed by atoms with E-state index in [1.54, 1.807) is 0 Å². The highest BCUT2D eigenvalue weighted by Gasteiger charge is 2.58. The summed E-state index contributed by atoms with van der Waals surface area (Å²) >= 11 is 0. The van der Waals surface area contributed by atoms with Crippen LogP contribution in [0.4, 0.5) is 0 Å². The van der Waals surface area contributed by atoms with Gasteiger partial charge >= 0.3 is 0 Å². The fourth-order valence-electron chi connectivity index (χ4n) is 4.26. The van der Waals surface area contributed by atoms with E-state index in [9.17, 15) is 0 Å². The summed E-state index contributed by atoms with van der Waals surface area (Å²) in [6, 6.07) is 0.445. The number of nitrogens with one attached hydrogen (secondary N) is 2. The zero-order valence-electron chi connectivity index (χ0n) is 14.2. The van der Waals surface area contributed by atoms with Gasteiger partial charge in [0.2, 0.25) is 0 Å². The van der Waals surface area contributed by atoms with Gasteiger partial charge in [-0.2, -0.15) is 0 Å². The molecule has 0 bridgehead atoms. The summed E-state index contributed by atoms with van der Waals surface area (Å²) in [6.45, 7) is 10.2. The van der Waals surface area contributed by atoms with E-state index in [1.807, 2.05) is 0 Å². The number of fused-ring (bicyclic) bond motifs is 1. The maximum Gasteiger partial charge on any atom is 0.191 e. The van der Waals surface area contributed by atoms with Crippen molar-refractivity contribution in [3.63, 3.8) is 0 Å². The SMILES string of the molecule is CCNC(=NCC1CCCO1)NC1C2CCCOC2C1(C)C. The first-order chi connectivity index (χ1) is 10.6. The van der Waals surface area contributed by atoms with Gasteiger partial charge in [0.1, 0.15) is 0 Å². The number of hydrogen-bond acceptors (Lipinski definition) is 3. The van der Waals surface area contributed by atoms with Gasteiger partial charge in [0, 0.05) is 37.1 Å². The van der Waals surface area contributed by atoms with Crippen molar-refractivity contribution in [1.29, 1.82) is 0 Å². The summed E-state index contributed by atoms with van der Waals surface area (Å²) in [6.07, 6.45) is 5.45. The van der Waals surface area contributed by atoms with Crippen molar-refractivity contribution in [2.75, 3.05) is 26.3 Å². The second kappa shape index (κ2) is 6.75. The van der Waals surface area contributed by atoms with E-state index in [0.717, 1.165) is 38.7 Å². The molecule has 0 aromatic rings. The van der Waals surface area contributed by atoms with Crippen LogP contribution in [-0.2, 0) is 9.47 Å². The molecule has 0 spiro atoms. The van der Waals surface area contributed by atoms with E-state index in [0.29, 0.717) is 24.2 Å². The van der Waals surface area contributed by atoms with Crippen molar-refractivity contribution in [2.45, 2.75) is 64.7 Å². The van der Waals surface area contributed by atoms with Gasteiger partial charge in [-0.25, -0.2) is 0 Å². The topological polar surface area (TPSA) is 54.9 Å². The van der Waals surface area contributed by atoms with Gasteiger partial charge in [-0.05, 0) is 32.6 Å². The second-order valence-electron chi connectivity index (χ2n) is 7.40. The Morgan fingerprint density at radius 2 is 1.95 bits per heavy atom. The molecule has 1 saturated carbocycles. The van der Waals surface area contributed by atoms with Crippen LogP contribution in [0.5, 0.6) is 0 Å². The molecule has 0 amide bonds. The molecule has 2 aliphatic heterocycles. The molecule has 3 fully saturated rings. The lowest BCUT2D eigenvalue weighted by Gasteiger charge is -2.60. The zero-order chi connectivity index (χ0) is 15.6. The highest BCUT2D eigenvalue weighted by molar-refractivity contribution is 5.80. The lowest BCUT2D eigenvalue weighted by atomic mass is 9.55. The smallest absolute Gasteiger partial charge is 0.191 e. The van der Waals surface area contributed by atoms with Crippen LogP contribution in [0, 0.1) is 11.3 Å².